The Hall–Kier alpha value is -7.01. The lowest BCUT2D eigenvalue weighted by molar-refractivity contribution is 0.768. The molecule has 0 spiro atoms. The van der Waals surface area contributed by atoms with Gasteiger partial charge in [0.2, 0.25) is 0 Å². The minimum Gasteiger partial charge on any atom is -0.208 e. The zero-order chi connectivity index (χ0) is 37.1. The van der Waals surface area contributed by atoms with Crippen LogP contribution >= 0.6 is 11.3 Å². The van der Waals surface area contributed by atoms with Gasteiger partial charge in [0.05, 0.1) is 5.41 Å². The van der Waals surface area contributed by atoms with E-state index in [0.717, 1.165) is 27.8 Å². The van der Waals surface area contributed by atoms with Gasteiger partial charge in [-0.3, -0.25) is 0 Å². The maximum absolute atomic E-state index is 5.35. The number of aromatic nitrogens is 3. The molecule has 0 bridgehead atoms. The summed E-state index contributed by atoms with van der Waals surface area (Å²) < 4.78 is 2.48. The Morgan fingerprint density at radius 3 is 1.61 bits per heavy atom. The topological polar surface area (TPSA) is 38.7 Å². The van der Waals surface area contributed by atoms with Crippen molar-refractivity contribution < 1.29 is 0 Å². The predicted molar refractivity (Wildman–Crippen MR) is 232 cm³/mol. The minimum atomic E-state index is -0.525. The van der Waals surface area contributed by atoms with Crippen LogP contribution in [0.4, 0.5) is 0 Å². The van der Waals surface area contributed by atoms with Crippen molar-refractivity contribution in [1.29, 1.82) is 0 Å². The summed E-state index contributed by atoms with van der Waals surface area (Å²) in [5.74, 6) is 1.94. The molecule has 0 radical (unpaired) electrons. The molecule has 1 aliphatic carbocycles. The van der Waals surface area contributed by atoms with Gasteiger partial charge < -0.3 is 0 Å². The lowest BCUT2D eigenvalue weighted by atomic mass is 9.67. The molecule has 0 amide bonds. The number of nitrogens with zero attached hydrogens (tertiary/aromatic N) is 3. The zero-order valence-electron chi connectivity index (χ0n) is 30.3. The van der Waals surface area contributed by atoms with E-state index in [1.165, 1.54) is 53.6 Å². The average molecular weight is 732 g/mol. The van der Waals surface area contributed by atoms with E-state index >= 15 is 0 Å². The number of fused-ring (bicyclic) bond motifs is 6. The Kier molecular flexibility index (Phi) is 7.58. The number of benzene rings is 8. The molecule has 1 aliphatic rings. The molecular weight excluding hydrogens is 699 g/mol. The molecule has 0 fully saturated rings. The first kappa shape index (κ1) is 32.4. The molecule has 0 N–H and O–H groups in total. The van der Waals surface area contributed by atoms with E-state index < -0.39 is 5.41 Å². The van der Waals surface area contributed by atoms with Gasteiger partial charge in [-0.2, -0.15) is 0 Å². The summed E-state index contributed by atoms with van der Waals surface area (Å²) in [5.41, 5.74) is 11.9. The maximum Gasteiger partial charge on any atom is 0.164 e. The van der Waals surface area contributed by atoms with Crippen molar-refractivity contribution in [3.05, 3.63) is 222 Å². The first-order valence-electron chi connectivity index (χ1n) is 18.9. The van der Waals surface area contributed by atoms with Gasteiger partial charge >= 0.3 is 0 Å². The fourth-order valence-electron chi connectivity index (χ4n) is 8.74. The first-order chi connectivity index (χ1) is 27.8. The molecule has 2 aromatic heterocycles. The third-order valence-corrected chi connectivity index (χ3v) is 12.4. The van der Waals surface area contributed by atoms with Gasteiger partial charge in [0, 0.05) is 36.9 Å². The molecule has 3 nitrogen and oxygen atoms in total. The van der Waals surface area contributed by atoms with Crippen molar-refractivity contribution in [1.82, 2.24) is 15.0 Å². The van der Waals surface area contributed by atoms with Crippen LogP contribution in [0.2, 0.25) is 0 Å². The third kappa shape index (κ3) is 5.07. The van der Waals surface area contributed by atoms with Crippen LogP contribution in [0.1, 0.15) is 22.3 Å². The highest BCUT2D eigenvalue weighted by molar-refractivity contribution is 7.25. The highest BCUT2D eigenvalue weighted by Crippen LogP contribution is 2.58. The molecular formula is C52H33N3S. The molecule has 2 heterocycles. The van der Waals surface area contributed by atoms with Gasteiger partial charge in [0.1, 0.15) is 0 Å². The number of hydrogen-bond acceptors (Lipinski definition) is 4. The summed E-state index contributed by atoms with van der Waals surface area (Å²) in [5, 5.41) is 2.52. The van der Waals surface area contributed by atoms with Gasteiger partial charge in [0.15, 0.2) is 17.5 Å². The molecule has 262 valence electrons. The van der Waals surface area contributed by atoms with E-state index in [4.69, 9.17) is 15.0 Å². The maximum atomic E-state index is 5.35. The normalized spacial score (nSPS) is 12.8. The Balaban J connectivity index is 1.15. The van der Waals surface area contributed by atoms with Gasteiger partial charge in [-0.05, 0) is 56.6 Å². The minimum absolute atomic E-state index is 0.525. The molecule has 56 heavy (non-hydrogen) atoms. The Bertz CT molecular complexity index is 3020. The highest BCUT2D eigenvalue weighted by atomic mass is 32.1. The Morgan fingerprint density at radius 2 is 0.857 bits per heavy atom. The molecule has 0 unspecified atom stereocenters. The lowest BCUT2D eigenvalue weighted by Gasteiger charge is -2.33. The summed E-state index contributed by atoms with van der Waals surface area (Å²) in [6.07, 6.45) is 0. The predicted octanol–water partition coefficient (Wildman–Crippen LogP) is 13.3. The van der Waals surface area contributed by atoms with Gasteiger partial charge in [0.25, 0.3) is 0 Å². The van der Waals surface area contributed by atoms with E-state index in [9.17, 15) is 0 Å². The van der Waals surface area contributed by atoms with Crippen LogP contribution in [0.5, 0.6) is 0 Å². The molecule has 0 saturated carbocycles. The number of thiophene rings is 1. The van der Waals surface area contributed by atoms with Crippen LogP contribution in [0.25, 0.3) is 76.6 Å². The summed E-state index contributed by atoms with van der Waals surface area (Å²) in [4.78, 5) is 15.9. The van der Waals surface area contributed by atoms with E-state index in [-0.39, 0.29) is 0 Å². The fraction of sp³-hybridized carbons (Fsp3) is 0.0192. The molecule has 8 aromatic carbocycles. The molecule has 0 atom stereocenters. The van der Waals surface area contributed by atoms with Crippen molar-refractivity contribution in [3.8, 4) is 56.4 Å². The Morgan fingerprint density at radius 1 is 0.339 bits per heavy atom. The van der Waals surface area contributed by atoms with Crippen molar-refractivity contribution in [3.63, 3.8) is 0 Å². The number of rotatable bonds is 6. The first-order valence-corrected chi connectivity index (χ1v) is 19.8. The zero-order valence-corrected chi connectivity index (χ0v) is 31.1. The largest absolute Gasteiger partial charge is 0.208 e. The van der Waals surface area contributed by atoms with E-state index in [1.807, 2.05) is 6.07 Å². The Labute approximate surface area is 329 Å². The van der Waals surface area contributed by atoms with Crippen LogP contribution in [0, 0.1) is 0 Å². The highest BCUT2D eigenvalue weighted by Gasteiger charge is 2.47. The van der Waals surface area contributed by atoms with Gasteiger partial charge in [-0.1, -0.05) is 188 Å². The standard InChI is InChI=1S/C52H33N3S/c1-4-15-34(16-5-1)35-27-29-36(30-28-35)49-53-50(37-31-32-41-40-21-11-13-26-46(40)56-47(41)33-37)55-51(54-49)43-23-14-25-45-48(43)42-22-10-12-24-44(42)52(45,38-17-6-2-7-18-38)39-19-8-3-9-20-39/h1-33H. The van der Waals surface area contributed by atoms with Crippen molar-refractivity contribution in [2.45, 2.75) is 5.41 Å². The lowest BCUT2D eigenvalue weighted by Crippen LogP contribution is -2.28. The smallest absolute Gasteiger partial charge is 0.164 e. The average Bonchev–Trinajstić information content (AvgIpc) is 3.81. The quantitative estimate of drug-likeness (QED) is 0.171. The summed E-state index contributed by atoms with van der Waals surface area (Å²) in [6.45, 7) is 0. The van der Waals surface area contributed by atoms with Crippen molar-refractivity contribution in [2.24, 2.45) is 0 Å². The molecule has 11 rings (SSSR count). The van der Waals surface area contributed by atoms with E-state index in [1.54, 1.807) is 11.3 Å². The van der Waals surface area contributed by atoms with Crippen LogP contribution in [0.3, 0.4) is 0 Å². The third-order valence-electron chi connectivity index (χ3n) is 11.2. The van der Waals surface area contributed by atoms with Crippen LogP contribution in [-0.2, 0) is 5.41 Å². The fourth-order valence-corrected chi connectivity index (χ4v) is 9.89. The second kappa shape index (κ2) is 13.1. The van der Waals surface area contributed by atoms with Gasteiger partial charge in [-0.25, -0.2) is 15.0 Å². The second-order valence-corrected chi connectivity index (χ2v) is 15.4. The molecule has 10 aromatic rings. The van der Waals surface area contributed by atoms with Crippen molar-refractivity contribution in [2.75, 3.05) is 0 Å². The van der Waals surface area contributed by atoms with Gasteiger partial charge in [-0.15, -0.1) is 11.3 Å². The molecule has 0 aliphatic heterocycles. The second-order valence-electron chi connectivity index (χ2n) is 14.3. The summed E-state index contributed by atoms with van der Waals surface area (Å²) >= 11 is 1.80. The van der Waals surface area contributed by atoms with E-state index in [2.05, 4.69) is 194 Å². The SMILES string of the molecule is c1ccc(-c2ccc(-c3nc(-c4ccc5c(c4)sc4ccccc45)nc(-c4cccc5c4-c4ccccc4C5(c4ccccc4)c4ccccc4)n3)cc2)cc1. The van der Waals surface area contributed by atoms with Crippen LogP contribution in [0.15, 0.2) is 200 Å². The molecule has 4 heteroatoms. The summed E-state index contributed by atoms with van der Waals surface area (Å²) in [7, 11) is 0. The van der Waals surface area contributed by atoms with Crippen molar-refractivity contribution >= 4 is 31.5 Å². The number of hydrogen-bond donors (Lipinski definition) is 0. The van der Waals surface area contributed by atoms with Crippen LogP contribution < -0.4 is 0 Å². The summed E-state index contributed by atoms with van der Waals surface area (Å²) in [6, 6.07) is 71.5. The van der Waals surface area contributed by atoms with Crippen LogP contribution in [-0.4, -0.2) is 15.0 Å². The van der Waals surface area contributed by atoms with E-state index in [0.29, 0.717) is 17.5 Å². The molecule has 0 saturated heterocycles. The monoisotopic (exact) mass is 731 g/mol.